The van der Waals surface area contributed by atoms with E-state index in [0.717, 1.165) is 26.1 Å². The van der Waals surface area contributed by atoms with Crippen molar-refractivity contribution >= 4 is 29.1 Å². The van der Waals surface area contributed by atoms with Gasteiger partial charge in [0.1, 0.15) is 0 Å². The third-order valence-electron chi connectivity index (χ3n) is 3.24. The van der Waals surface area contributed by atoms with Gasteiger partial charge < -0.3 is 10.2 Å². The number of rotatable bonds is 3. The van der Waals surface area contributed by atoms with Gasteiger partial charge in [0.25, 0.3) is 5.91 Å². The van der Waals surface area contributed by atoms with Gasteiger partial charge in [-0.3, -0.25) is 4.79 Å². The molecule has 0 unspecified atom stereocenters. The fraction of sp³-hybridized carbons (Fsp3) is 0.462. The van der Waals surface area contributed by atoms with Crippen LogP contribution in [0.25, 0.3) is 0 Å². The molecule has 1 aliphatic rings. The zero-order valence-electron chi connectivity index (χ0n) is 10.2. The maximum atomic E-state index is 12.4. The highest BCUT2D eigenvalue weighted by atomic mass is 35.5. The summed E-state index contributed by atoms with van der Waals surface area (Å²) >= 11 is 12.1. The minimum atomic E-state index is -0.0656. The molecule has 18 heavy (non-hydrogen) atoms. The summed E-state index contributed by atoms with van der Waals surface area (Å²) in [7, 11) is 1.93. The molecular weight excluding hydrogens is 271 g/mol. The second-order valence-corrected chi connectivity index (χ2v) is 5.37. The first-order valence-corrected chi connectivity index (χ1v) is 6.77. The molecule has 1 saturated heterocycles. The van der Waals surface area contributed by atoms with Crippen molar-refractivity contribution in [3.05, 3.63) is 33.8 Å². The van der Waals surface area contributed by atoms with Crippen LogP contribution in [0.15, 0.2) is 18.2 Å². The quantitative estimate of drug-likeness (QED) is 0.927. The Bertz CT molecular complexity index is 430. The van der Waals surface area contributed by atoms with Crippen molar-refractivity contribution < 1.29 is 4.79 Å². The molecule has 1 aromatic rings. The Kier molecular flexibility index (Phi) is 4.49. The largest absolute Gasteiger partial charge is 0.338 e. The highest BCUT2D eigenvalue weighted by Gasteiger charge is 2.28. The monoisotopic (exact) mass is 286 g/mol. The van der Waals surface area contributed by atoms with E-state index in [2.05, 4.69) is 5.32 Å². The Morgan fingerprint density at radius 2 is 2.11 bits per heavy atom. The molecule has 1 amide bonds. The summed E-state index contributed by atoms with van der Waals surface area (Å²) in [6, 6.07) is 5.14. The van der Waals surface area contributed by atoms with Crippen LogP contribution in [-0.4, -0.2) is 37.5 Å². The third kappa shape index (κ3) is 2.79. The van der Waals surface area contributed by atoms with Crippen LogP contribution >= 0.6 is 23.2 Å². The van der Waals surface area contributed by atoms with E-state index in [1.807, 2.05) is 11.9 Å². The standard InChI is InChI=1S/C13H16Cl2N2O/c1-16-7-9-5-6-17(8-9)13(18)12-10(14)3-2-4-11(12)15/h2-4,9,16H,5-8H2,1H3/t9-/m0/s1. The van der Waals surface area contributed by atoms with Gasteiger partial charge in [-0.05, 0) is 38.1 Å². The van der Waals surface area contributed by atoms with Crippen LogP contribution in [-0.2, 0) is 0 Å². The number of benzene rings is 1. The zero-order chi connectivity index (χ0) is 13.1. The van der Waals surface area contributed by atoms with E-state index >= 15 is 0 Å². The molecule has 1 atom stereocenters. The summed E-state index contributed by atoms with van der Waals surface area (Å²) in [4.78, 5) is 14.2. The Hall–Kier alpha value is -0.770. The number of hydrogen-bond donors (Lipinski definition) is 1. The summed E-state index contributed by atoms with van der Waals surface area (Å²) < 4.78 is 0. The van der Waals surface area contributed by atoms with Gasteiger partial charge in [0.05, 0.1) is 15.6 Å². The number of carbonyl (C=O) groups is 1. The predicted molar refractivity (Wildman–Crippen MR) is 74.4 cm³/mol. The number of likely N-dealkylation sites (tertiary alicyclic amines) is 1. The summed E-state index contributed by atoms with van der Waals surface area (Å²) in [5.74, 6) is 0.449. The van der Waals surface area contributed by atoms with Crippen molar-refractivity contribution in [3.63, 3.8) is 0 Å². The molecule has 1 aromatic carbocycles. The molecule has 1 aliphatic heterocycles. The van der Waals surface area contributed by atoms with Gasteiger partial charge in [0.2, 0.25) is 0 Å². The lowest BCUT2D eigenvalue weighted by atomic mass is 10.1. The zero-order valence-corrected chi connectivity index (χ0v) is 11.8. The van der Waals surface area contributed by atoms with Crippen LogP contribution in [0.3, 0.4) is 0 Å². The number of halogens is 2. The van der Waals surface area contributed by atoms with Crippen molar-refractivity contribution in [1.29, 1.82) is 0 Å². The molecule has 1 fully saturated rings. The second kappa shape index (κ2) is 5.91. The van der Waals surface area contributed by atoms with E-state index in [9.17, 15) is 4.79 Å². The highest BCUT2D eigenvalue weighted by Crippen LogP contribution is 2.27. The van der Waals surface area contributed by atoms with Gasteiger partial charge in [-0.25, -0.2) is 0 Å². The van der Waals surface area contributed by atoms with E-state index in [1.54, 1.807) is 18.2 Å². The minimum Gasteiger partial charge on any atom is -0.338 e. The van der Waals surface area contributed by atoms with E-state index in [1.165, 1.54) is 0 Å². The van der Waals surface area contributed by atoms with E-state index < -0.39 is 0 Å². The predicted octanol–water partition coefficient (Wildman–Crippen LogP) is 2.67. The number of carbonyl (C=O) groups excluding carboxylic acids is 1. The third-order valence-corrected chi connectivity index (χ3v) is 3.87. The summed E-state index contributed by atoms with van der Waals surface area (Å²) in [6.45, 7) is 2.47. The van der Waals surface area contributed by atoms with Gasteiger partial charge in [-0.1, -0.05) is 29.3 Å². The Morgan fingerprint density at radius 1 is 1.44 bits per heavy atom. The van der Waals surface area contributed by atoms with Gasteiger partial charge in [-0.2, -0.15) is 0 Å². The van der Waals surface area contributed by atoms with Crippen molar-refractivity contribution in [2.45, 2.75) is 6.42 Å². The second-order valence-electron chi connectivity index (χ2n) is 4.56. The molecule has 0 bridgehead atoms. The average molecular weight is 287 g/mol. The van der Waals surface area contributed by atoms with Crippen LogP contribution in [0.2, 0.25) is 10.0 Å². The molecule has 0 radical (unpaired) electrons. The Labute approximate surface area is 117 Å². The molecule has 1 heterocycles. The Balaban J connectivity index is 2.13. The maximum absolute atomic E-state index is 12.4. The van der Waals surface area contributed by atoms with Crippen molar-refractivity contribution in [2.24, 2.45) is 5.92 Å². The SMILES string of the molecule is CNC[C@@H]1CCN(C(=O)c2c(Cl)cccc2Cl)C1. The fourth-order valence-electron chi connectivity index (χ4n) is 2.33. The van der Waals surface area contributed by atoms with Crippen LogP contribution in [0.5, 0.6) is 0 Å². The van der Waals surface area contributed by atoms with Crippen molar-refractivity contribution in [3.8, 4) is 0 Å². The number of amides is 1. The molecule has 2 rings (SSSR count). The van der Waals surface area contributed by atoms with Crippen LogP contribution in [0, 0.1) is 5.92 Å². The first-order chi connectivity index (χ1) is 8.63. The first kappa shape index (κ1) is 13.7. The van der Waals surface area contributed by atoms with Crippen molar-refractivity contribution in [2.75, 3.05) is 26.7 Å². The molecule has 0 aromatic heterocycles. The molecule has 1 N–H and O–H groups in total. The average Bonchev–Trinajstić information content (AvgIpc) is 2.78. The highest BCUT2D eigenvalue weighted by molar-refractivity contribution is 6.39. The first-order valence-electron chi connectivity index (χ1n) is 6.01. The molecule has 3 nitrogen and oxygen atoms in total. The van der Waals surface area contributed by atoms with Gasteiger partial charge in [0, 0.05) is 13.1 Å². The maximum Gasteiger partial charge on any atom is 0.256 e. The molecule has 0 aliphatic carbocycles. The molecule has 0 spiro atoms. The van der Waals surface area contributed by atoms with Gasteiger partial charge >= 0.3 is 0 Å². The van der Waals surface area contributed by atoms with Gasteiger partial charge in [0.15, 0.2) is 0 Å². The molecule has 98 valence electrons. The number of hydrogen-bond acceptors (Lipinski definition) is 2. The minimum absolute atomic E-state index is 0.0656. The van der Waals surface area contributed by atoms with E-state index in [-0.39, 0.29) is 5.91 Å². The lowest BCUT2D eigenvalue weighted by Gasteiger charge is -2.18. The lowest BCUT2D eigenvalue weighted by Crippen LogP contribution is -2.30. The molecular formula is C13H16Cl2N2O. The summed E-state index contributed by atoms with van der Waals surface area (Å²) in [5, 5.41) is 3.98. The van der Waals surface area contributed by atoms with Crippen LogP contribution in [0.1, 0.15) is 16.8 Å². The smallest absolute Gasteiger partial charge is 0.256 e. The number of nitrogens with zero attached hydrogens (tertiary/aromatic N) is 1. The Morgan fingerprint density at radius 3 is 2.72 bits per heavy atom. The molecule has 0 saturated carbocycles. The fourth-order valence-corrected chi connectivity index (χ4v) is 2.89. The van der Waals surface area contributed by atoms with Crippen molar-refractivity contribution in [1.82, 2.24) is 10.2 Å². The van der Waals surface area contributed by atoms with Crippen LogP contribution < -0.4 is 5.32 Å². The van der Waals surface area contributed by atoms with E-state index in [0.29, 0.717) is 21.5 Å². The lowest BCUT2D eigenvalue weighted by molar-refractivity contribution is 0.0787. The summed E-state index contributed by atoms with van der Waals surface area (Å²) in [6.07, 6.45) is 1.02. The topological polar surface area (TPSA) is 32.3 Å². The molecule has 5 heteroatoms. The van der Waals surface area contributed by atoms with E-state index in [4.69, 9.17) is 23.2 Å². The normalized spacial score (nSPS) is 19.3. The van der Waals surface area contributed by atoms with Gasteiger partial charge in [-0.15, -0.1) is 0 Å². The van der Waals surface area contributed by atoms with Crippen LogP contribution in [0.4, 0.5) is 0 Å². The number of nitrogens with one attached hydrogen (secondary N) is 1. The summed E-state index contributed by atoms with van der Waals surface area (Å²) in [5.41, 5.74) is 0.422.